The summed E-state index contributed by atoms with van der Waals surface area (Å²) in [6.45, 7) is 9.74. The summed E-state index contributed by atoms with van der Waals surface area (Å²) in [5, 5.41) is 15.1. The topological polar surface area (TPSA) is 0 Å². The van der Waals surface area contributed by atoms with E-state index in [0.717, 1.165) is 0 Å². The van der Waals surface area contributed by atoms with Gasteiger partial charge in [-0.3, -0.25) is 0 Å². The summed E-state index contributed by atoms with van der Waals surface area (Å²) >= 11 is 0. The Morgan fingerprint density at radius 3 is 0.740 bits per heavy atom. The predicted molar refractivity (Wildman–Crippen MR) is 410 cm³/mol. The van der Waals surface area contributed by atoms with Crippen LogP contribution in [0.2, 0.25) is 0 Å². The Bertz CT molecular complexity index is 6030. The summed E-state index contributed by atoms with van der Waals surface area (Å²) in [5.41, 5.74) is 30.2. The predicted octanol–water partition coefficient (Wildman–Crippen LogP) is 26.6. The second kappa shape index (κ2) is 21.4. The molecule has 17 aromatic carbocycles. The fourth-order valence-corrected chi connectivity index (χ4v) is 17.4. The van der Waals surface area contributed by atoms with Gasteiger partial charge in [-0.05, 0) is 222 Å². The first-order chi connectivity index (χ1) is 47.2. The van der Waals surface area contributed by atoms with E-state index in [2.05, 4.69) is 355 Å². The molecule has 0 heterocycles. The van der Waals surface area contributed by atoms with Crippen molar-refractivity contribution in [2.75, 3.05) is 0 Å². The third-order valence-corrected chi connectivity index (χ3v) is 21.8. The maximum Gasteiger partial charge on any atom is 0.0159 e. The first-order valence-electron chi connectivity index (χ1n) is 33.9. The maximum absolute atomic E-state index is 2.53. The van der Waals surface area contributed by atoms with Crippen LogP contribution in [0.1, 0.15) is 49.9 Å². The van der Waals surface area contributed by atoms with Crippen LogP contribution in [-0.4, -0.2) is 0 Å². The molecule has 2 aliphatic carbocycles. The molecule has 96 heavy (non-hydrogen) atoms. The van der Waals surface area contributed by atoms with Gasteiger partial charge in [-0.25, -0.2) is 0 Å². The fraction of sp³-hybridized carbons (Fsp3) is 0.0625. The van der Waals surface area contributed by atoms with Crippen LogP contribution in [0.3, 0.4) is 0 Å². The molecule has 0 atom stereocenters. The smallest absolute Gasteiger partial charge is 0.0159 e. The van der Waals surface area contributed by atoms with Crippen LogP contribution in [-0.2, 0) is 10.8 Å². The monoisotopic (exact) mass is 1220 g/mol. The minimum atomic E-state index is -0.269. The largest absolute Gasteiger partial charge is 0.0622 e. The number of fused-ring (bicyclic) bond motifs is 12. The van der Waals surface area contributed by atoms with E-state index in [1.165, 1.54) is 198 Å². The van der Waals surface area contributed by atoms with Crippen molar-refractivity contribution >= 4 is 64.6 Å². The lowest BCUT2D eigenvalue weighted by molar-refractivity contribution is 0.660. The molecule has 0 nitrogen and oxygen atoms in total. The van der Waals surface area contributed by atoms with Crippen LogP contribution < -0.4 is 0 Å². The number of rotatable bonds is 8. The maximum atomic E-state index is 2.53. The normalized spacial score (nSPS) is 13.4. The van der Waals surface area contributed by atoms with Crippen LogP contribution in [0.25, 0.3) is 176 Å². The third-order valence-electron chi connectivity index (χ3n) is 21.8. The third kappa shape index (κ3) is 8.28. The second-order valence-corrected chi connectivity index (χ2v) is 27.6. The standard InChI is InChI=1S/C96H66/c1-95(2)83-55-63(64-48-52-70-72-54-50-66(58-86(72)96(3,4)84(70)56-64)88-73-35-17-20-38-76(73)89(61-31-13-7-14-32-61)91-67(43-25-45-81(88)91)59-27-9-5-10-28-59)47-51-69(83)71-53-49-65(57-85(71)95)87-74-36-18-22-40-78(74)93(79-41-23-19-37-75(79)87)94-80-42-24-21-39-77(80)90(62-33-15-8-16-34-62)92-68(44-26-46-82(92)94)60-29-11-6-12-30-60/h5-58H,1-4H3. The van der Waals surface area contributed by atoms with Gasteiger partial charge in [0.2, 0.25) is 0 Å². The van der Waals surface area contributed by atoms with Crippen LogP contribution in [0.4, 0.5) is 0 Å². The molecule has 0 saturated heterocycles. The molecule has 0 bridgehead atoms. The highest BCUT2D eigenvalue weighted by molar-refractivity contribution is 6.32. The Morgan fingerprint density at radius 2 is 0.396 bits per heavy atom. The van der Waals surface area contributed by atoms with Crippen molar-refractivity contribution in [2.45, 2.75) is 38.5 Å². The van der Waals surface area contributed by atoms with Gasteiger partial charge in [-0.2, -0.15) is 0 Å². The highest BCUT2D eigenvalue weighted by Gasteiger charge is 2.39. The summed E-state index contributed by atoms with van der Waals surface area (Å²) in [6.07, 6.45) is 0. The lowest BCUT2D eigenvalue weighted by Crippen LogP contribution is -2.15. The first-order valence-corrected chi connectivity index (χ1v) is 33.9. The van der Waals surface area contributed by atoms with Gasteiger partial charge in [0.15, 0.2) is 0 Å². The number of benzene rings is 17. The summed E-state index contributed by atoms with van der Waals surface area (Å²) in [7, 11) is 0. The molecule has 2 aliphatic rings. The van der Waals surface area contributed by atoms with E-state index in [-0.39, 0.29) is 10.8 Å². The van der Waals surface area contributed by atoms with Crippen molar-refractivity contribution < 1.29 is 0 Å². The Kier molecular flexibility index (Phi) is 12.5. The quantitative estimate of drug-likeness (QED) is 0.133. The van der Waals surface area contributed by atoms with Crippen LogP contribution >= 0.6 is 0 Å². The van der Waals surface area contributed by atoms with Gasteiger partial charge in [0.1, 0.15) is 0 Å². The van der Waals surface area contributed by atoms with E-state index in [1.807, 2.05) is 0 Å². The van der Waals surface area contributed by atoms with Gasteiger partial charge < -0.3 is 0 Å². The van der Waals surface area contributed by atoms with E-state index < -0.39 is 0 Å². The van der Waals surface area contributed by atoms with Gasteiger partial charge in [0.05, 0.1) is 0 Å². The lowest BCUT2D eigenvalue weighted by Gasteiger charge is -2.25. The molecule has 17 aromatic rings. The Balaban J connectivity index is 0.711. The van der Waals surface area contributed by atoms with Crippen molar-refractivity contribution in [2.24, 2.45) is 0 Å². The van der Waals surface area contributed by atoms with Crippen molar-refractivity contribution in [1.29, 1.82) is 0 Å². The molecule has 0 amide bonds. The van der Waals surface area contributed by atoms with Crippen molar-refractivity contribution in [1.82, 2.24) is 0 Å². The van der Waals surface area contributed by atoms with Crippen LogP contribution in [0, 0.1) is 0 Å². The van der Waals surface area contributed by atoms with Gasteiger partial charge in [-0.1, -0.05) is 331 Å². The van der Waals surface area contributed by atoms with Gasteiger partial charge in [0.25, 0.3) is 0 Å². The van der Waals surface area contributed by atoms with E-state index >= 15 is 0 Å². The van der Waals surface area contributed by atoms with Gasteiger partial charge in [-0.15, -0.1) is 0 Å². The Hall–Kier alpha value is -11.7. The highest BCUT2D eigenvalue weighted by atomic mass is 14.4. The molecule has 450 valence electrons. The SMILES string of the molecule is CC1(C)c2cc(-c3ccc4c(c3)C(C)(C)c3cc(-c5c6ccccc6c(-c6ccccc6)c6c(-c7ccccc7)cccc56)ccc3-4)ccc2-c2ccc(-c3c4ccccc4c(-c4c5ccccc5c(-c5ccccc5)c5c(-c6ccccc6)cccc45)c4ccccc34)cc21. The number of hydrogen-bond acceptors (Lipinski definition) is 0. The minimum Gasteiger partial charge on any atom is -0.0622 e. The van der Waals surface area contributed by atoms with E-state index in [4.69, 9.17) is 0 Å². The zero-order valence-electron chi connectivity index (χ0n) is 54.2. The fourth-order valence-electron chi connectivity index (χ4n) is 17.4. The van der Waals surface area contributed by atoms with Gasteiger partial charge >= 0.3 is 0 Å². The molecule has 0 radical (unpaired) electrons. The highest BCUT2D eigenvalue weighted by Crippen LogP contribution is 2.57. The molecule has 19 rings (SSSR count). The summed E-state index contributed by atoms with van der Waals surface area (Å²) in [6, 6.07) is 123. The molecule has 0 fully saturated rings. The average molecular weight is 1220 g/mol. The molecule has 0 spiro atoms. The molecule has 0 heteroatoms. The van der Waals surface area contributed by atoms with Crippen molar-refractivity contribution in [3.8, 4) is 111 Å². The van der Waals surface area contributed by atoms with Crippen LogP contribution in [0.5, 0.6) is 0 Å². The summed E-state index contributed by atoms with van der Waals surface area (Å²) in [4.78, 5) is 0. The minimum absolute atomic E-state index is 0.253. The molecular weight excluding hydrogens is 1150 g/mol. The van der Waals surface area contributed by atoms with Crippen LogP contribution in [0.15, 0.2) is 328 Å². The average Bonchev–Trinajstić information content (AvgIpc) is 0.754. The molecule has 0 N–H and O–H groups in total. The van der Waals surface area contributed by atoms with E-state index in [0.29, 0.717) is 0 Å². The summed E-state index contributed by atoms with van der Waals surface area (Å²) < 4.78 is 0. The molecule has 0 aliphatic heterocycles. The zero-order chi connectivity index (χ0) is 64.0. The molecule has 0 aromatic heterocycles. The van der Waals surface area contributed by atoms with Gasteiger partial charge in [0, 0.05) is 10.8 Å². The summed E-state index contributed by atoms with van der Waals surface area (Å²) in [5.74, 6) is 0. The molecule has 0 saturated carbocycles. The Labute approximate surface area is 560 Å². The lowest BCUT2D eigenvalue weighted by atomic mass is 9.78. The van der Waals surface area contributed by atoms with Crippen molar-refractivity contribution in [3.63, 3.8) is 0 Å². The van der Waals surface area contributed by atoms with Crippen molar-refractivity contribution in [3.05, 3.63) is 350 Å². The number of hydrogen-bond donors (Lipinski definition) is 0. The second-order valence-electron chi connectivity index (χ2n) is 27.6. The molecular formula is C96H66. The Morgan fingerprint density at radius 1 is 0.156 bits per heavy atom. The zero-order valence-corrected chi connectivity index (χ0v) is 54.2. The van der Waals surface area contributed by atoms with E-state index in [1.54, 1.807) is 0 Å². The first kappa shape index (κ1) is 55.9. The molecule has 0 unspecified atom stereocenters. The van der Waals surface area contributed by atoms with E-state index in [9.17, 15) is 0 Å².